The Balaban J connectivity index is 2.23. The van der Waals surface area contributed by atoms with Crippen LogP contribution in [-0.2, 0) is 11.3 Å². The van der Waals surface area contributed by atoms with Gasteiger partial charge in [-0.2, -0.15) is 5.10 Å². The molecule has 2 heterocycles. The lowest BCUT2D eigenvalue weighted by Crippen LogP contribution is -2.52. The highest BCUT2D eigenvalue weighted by Gasteiger charge is 2.38. The number of piperidine rings is 1. The van der Waals surface area contributed by atoms with Crippen LogP contribution in [0.1, 0.15) is 43.6 Å². The second-order valence-corrected chi connectivity index (χ2v) is 6.85. The molecule has 0 amide bonds. The van der Waals surface area contributed by atoms with Gasteiger partial charge in [0, 0.05) is 7.11 Å². The van der Waals surface area contributed by atoms with Gasteiger partial charge in [-0.1, -0.05) is 6.42 Å². The highest BCUT2D eigenvalue weighted by Crippen LogP contribution is 2.28. The first kappa shape index (κ1) is 16.6. The highest BCUT2D eigenvalue weighted by molar-refractivity contribution is 9.10. The van der Waals surface area contributed by atoms with Gasteiger partial charge in [0.2, 0.25) is 5.78 Å². The van der Waals surface area contributed by atoms with Crippen LogP contribution in [0.5, 0.6) is 0 Å². The van der Waals surface area contributed by atoms with Crippen LogP contribution >= 0.6 is 15.9 Å². The molecule has 6 heteroatoms. The average Bonchev–Trinajstić information content (AvgIpc) is 2.86. The minimum Gasteiger partial charge on any atom is -0.383 e. The van der Waals surface area contributed by atoms with E-state index in [0.717, 1.165) is 17.6 Å². The lowest BCUT2D eigenvalue weighted by Gasteiger charge is -2.39. The summed E-state index contributed by atoms with van der Waals surface area (Å²) in [7, 11) is 1.65. The summed E-state index contributed by atoms with van der Waals surface area (Å²) in [6.45, 7) is 7.13. The number of ether oxygens (including phenoxy) is 1. The lowest BCUT2D eigenvalue weighted by atomic mass is 9.92. The van der Waals surface area contributed by atoms with E-state index < -0.39 is 5.54 Å². The fourth-order valence-electron chi connectivity index (χ4n) is 2.82. The first-order valence-electron chi connectivity index (χ1n) is 7.48. The molecule has 1 aromatic heterocycles. The third-order valence-electron chi connectivity index (χ3n) is 4.22. The predicted octanol–water partition coefficient (Wildman–Crippen LogP) is 2.74. The Hall–Kier alpha value is -0.720. The van der Waals surface area contributed by atoms with E-state index in [0.29, 0.717) is 18.8 Å². The zero-order valence-electron chi connectivity index (χ0n) is 13.1. The zero-order chi connectivity index (χ0) is 15.5. The molecule has 1 aromatic rings. The monoisotopic (exact) mass is 357 g/mol. The van der Waals surface area contributed by atoms with Crippen molar-refractivity contribution in [3.8, 4) is 0 Å². The van der Waals surface area contributed by atoms with Crippen LogP contribution in [0.25, 0.3) is 0 Å². The van der Waals surface area contributed by atoms with E-state index in [1.807, 2.05) is 13.8 Å². The molecular formula is C15H24BrN3O2. The minimum atomic E-state index is -0.506. The number of hydrogen-bond donors (Lipinski definition) is 0. The van der Waals surface area contributed by atoms with Crippen molar-refractivity contribution in [2.75, 3.05) is 26.8 Å². The van der Waals surface area contributed by atoms with Crippen LogP contribution in [0, 0.1) is 0 Å². The molecule has 0 aromatic carbocycles. The molecule has 1 fully saturated rings. The topological polar surface area (TPSA) is 47.4 Å². The second-order valence-electron chi connectivity index (χ2n) is 5.99. The maximum atomic E-state index is 13.1. The summed E-state index contributed by atoms with van der Waals surface area (Å²) in [4.78, 5) is 15.3. The molecule has 1 aliphatic rings. The zero-order valence-corrected chi connectivity index (χ0v) is 14.6. The van der Waals surface area contributed by atoms with Crippen molar-refractivity contribution >= 4 is 21.7 Å². The van der Waals surface area contributed by atoms with E-state index in [9.17, 15) is 4.79 Å². The Kier molecular flexibility index (Phi) is 5.57. The second kappa shape index (κ2) is 7.03. The smallest absolute Gasteiger partial charge is 0.201 e. The van der Waals surface area contributed by atoms with Gasteiger partial charge in [-0.25, -0.2) is 0 Å². The minimum absolute atomic E-state index is 0.116. The molecule has 0 saturated carbocycles. The van der Waals surface area contributed by atoms with Gasteiger partial charge < -0.3 is 4.74 Å². The molecule has 0 aliphatic carbocycles. The molecule has 1 aliphatic heterocycles. The number of carbonyl (C=O) groups excluding carboxylic acids is 1. The van der Waals surface area contributed by atoms with Gasteiger partial charge in [-0.3, -0.25) is 14.4 Å². The number of carbonyl (C=O) groups is 1. The van der Waals surface area contributed by atoms with Crippen LogP contribution in [0.4, 0.5) is 0 Å². The molecule has 21 heavy (non-hydrogen) atoms. The summed E-state index contributed by atoms with van der Waals surface area (Å²) in [6, 6.07) is 0. The van der Waals surface area contributed by atoms with E-state index in [4.69, 9.17) is 4.74 Å². The molecule has 2 rings (SSSR count). The van der Waals surface area contributed by atoms with Crippen molar-refractivity contribution in [3.63, 3.8) is 0 Å². The fourth-order valence-corrected chi connectivity index (χ4v) is 3.30. The molecule has 1 saturated heterocycles. The third-order valence-corrected chi connectivity index (χ3v) is 4.80. The summed E-state index contributed by atoms with van der Waals surface area (Å²) < 4.78 is 7.59. The number of rotatable bonds is 6. The standard InChI is InChI=1S/C15H24BrN3O2/c1-15(2,18-7-5-4-6-8-18)14(20)13-12(16)11-17-19(13)9-10-21-3/h11H,4-10H2,1-3H3. The van der Waals surface area contributed by atoms with Gasteiger partial charge >= 0.3 is 0 Å². The summed E-state index contributed by atoms with van der Waals surface area (Å²) in [5, 5.41) is 4.28. The fraction of sp³-hybridized carbons (Fsp3) is 0.733. The number of halogens is 1. The molecule has 0 bridgehead atoms. The van der Waals surface area contributed by atoms with E-state index in [-0.39, 0.29) is 5.78 Å². The van der Waals surface area contributed by atoms with Crippen LogP contribution in [0.3, 0.4) is 0 Å². The lowest BCUT2D eigenvalue weighted by molar-refractivity contribution is 0.0565. The van der Waals surface area contributed by atoms with Crippen LogP contribution < -0.4 is 0 Å². The van der Waals surface area contributed by atoms with Gasteiger partial charge in [0.25, 0.3) is 0 Å². The molecule has 0 radical (unpaired) electrons. The quantitative estimate of drug-likeness (QED) is 0.734. The largest absolute Gasteiger partial charge is 0.383 e. The Morgan fingerprint density at radius 1 is 1.38 bits per heavy atom. The molecule has 5 nitrogen and oxygen atoms in total. The number of methoxy groups -OCH3 is 1. The van der Waals surface area contributed by atoms with E-state index in [1.165, 1.54) is 19.3 Å². The number of likely N-dealkylation sites (tertiary alicyclic amines) is 1. The molecular weight excluding hydrogens is 334 g/mol. The Bertz CT molecular complexity index is 493. The summed E-state index contributed by atoms with van der Waals surface area (Å²) in [5.74, 6) is 0.116. The normalized spacial score (nSPS) is 17.1. The molecule has 118 valence electrons. The Labute approximate surface area is 134 Å². The Morgan fingerprint density at radius 3 is 2.67 bits per heavy atom. The summed E-state index contributed by atoms with van der Waals surface area (Å²) in [5.41, 5.74) is 0.135. The van der Waals surface area contributed by atoms with Crippen molar-refractivity contribution in [2.45, 2.75) is 45.2 Å². The van der Waals surface area contributed by atoms with Gasteiger partial charge in [0.05, 0.1) is 29.4 Å². The van der Waals surface area contributed by atoms with E-state index in [2.05, 4.69) is 25.9 Å². The van der Waals surface area contributed by atoms with Gasteiger partial charge in [-0.05, 0) is 55.7 Å². The Morgan fingerprint density at radius 2 is 2.05 bits per heavy atom. The van der Waals surface area contributed by atoms with Crippen LogP contribution in [0.15, 0.2) is 10.7 Å². The van der Waals surface area contributed by atoms with Gasteiger partial charge in [-0.15, -0.1) is 0 Å². The van der Waals surface area contributed by atoms with Gasteiger partial charge in [0.15, 0.2) is 0 Å². The number of ketones is 1. The van der Waals surface area contributed by atoms with E-state index in [1.54, 1.807) is 18.0 Å². The first-order valence-corrected chi connectivity index (χ1v) is 8.28. The number of hydrogen-bond acceptors (Lipinski definition) is 4. The van der Waals surface area contributed by atoms with Crippen molar-refractivity contribution in [1.82, 2.24) is 14.7 Å². The van der Waals surface area contributed by atoms with E-state index >= 15 is 0 Å². The summed E-state index contributed by atoms with van der Waals surface area (Å²) >= 11 is 3.46. The number of nitrogens with zero attached hydrogens (tertiary/aromatic N) is 3. The van der Waals surface area contributed by atoms with Crippen molar-refractivity contribution in [2.24, 2.45) is 0 Å². The maximum Gasteiger partial charge on any atom is 0.201 e. The molecule has 0 unspecified atom stereocenters. The predicted molar refractivity (Wildman–Crippen MR) is 85.6 cm³/mol. The van der Waals surface area contributed by atoms with Gasteiger partial charge in [0.1, 0.15) is 5.69 Å². The van der Waals surface area contributed by atoms with Crippen LogP contribution in [-0.4, -0.2) is 52.8 Å². The molecule has 0 atom stereocenters. The number of Topliss-reactive ketones (excluding diaryl/α,β-unsaturated/α-hetero) is 1. The van der Waals surface area contributed by atoms with Crippen molar-refractivity contribution < 1.29 is 9.53 Å². The van der Waals surface area contributed by atoms with Crippen molar-refractivity contribution in [3.05, 3.63) is 16.4 Å². The summed E-state index contributed by atoms with van der Waals surface area (Å²) in [6.07, 6.45) is 5.28. The molecule has 0 N–H and O–H groups in total. The SMILES string of the molecule is COCCn1ncc(Br)c1C(=O)C(C)(C)N1CCCCC1. The third kappa shape index (κ3) is 3.55. The maximum absolute atomic E-state index is 13.1. The number of aromatic nitrogens is 2. The first-order chi connectivity index (χ1) is 9.98. The molecule has 0 spiro atoms. The van der Waals surface area contributed by atoms with Crippen molar-refractivity contribution in [1.29, 1.82) is 0 Å². The highest BCUT2D eigenvalue weighted by atomic mass is 79.9. The average molecular weight is 358 g/mol. The van der Waals surface area contributed by atoms with Crippen LogP contribution in [0.2, 0.25) is 0 Å².